The van der Waals surface area contributed by atoms with Crippen LogP contribution in [0.4, 0.5) is 4.39 Å². The second-order valence-corrected chi connectivity index (χ2v) is 5.44. The van der Waals surface area contributed by atoms with Gasteiger partial charge in [-0.05, 0) is 48.7 Å². The molecule has 0 fully saturated rings. The largest absolute Gasteiger partial charge is 0.494 e. The van der Waals surface area contributed by atoms with Gasteiger partial charge in [0.1, 0.15) is 11.6 Å². The highest BCUT2D eigenvalue weighted by molar-refractivity contribution is 14.0. The van der Waals surface area contributed by atoms with Crippen LogP contribution in [0.2, 0.25) is 0 Å². The second-order valence-electron chi connectivity index (χ2n) is 5.44. The van der Waals surface area contributed by atoms with E-state index in [9.17, 15) is 4.39 Å². The number of rotatable bonds is 6. The van der Waals surface area contributed by atoms with E-state index in [1.165, 1.54) is 12.1 Å². The van der Waals surface area contributed by atoms with Gasteiger partial charge in [-0.3, -0.25) is 4.99 Å². The summed E-state index contributed by atoms with van der Waals surface area (Å²) in [6.45, 7) is 5.93. The van der Waals surface area contributed by atoms with Gasteiger partial charge >= 0.3 is 0 Å². The van der Waals surface area contributed by atoms with Crippen LogP contribution in [0.25, 0.3) is 0 Å². The molecule has 2 aromatic rings. The minimum absolute atomic E-state index is 0. The zero-order valence-corrected chi connectivity index (χ0v) is 17.1. The van der Waals surface area contributed by atoms with E-state index in [4.69, 9.17) is 4.74 Å². The summed E-state index contributed by atoms with van der Waals surface area (Å²) in [5.74, 6) is 1.39. The van der Waals surface area contributed by atoms with Gasteiger partial charge in [-0.2, -0.15) is 0 Å². The van der Waals surface area contributed by atoms with Crippen molar-refractivity contribution in [1.82, 2.24) is 10.6 Å². The predicted octanol–water partition coefficient (Wildman–Crippen LogP) is 4.02. The molecule has 0 aromatic heterocycles. The highest BCUT2D eigenvalue weighted by atomic mass is 127. The van der Waals surface area contributed by atoms with E-state index in [-0.39, 0.29) is 29.8 Å². The van der Waals surface area contributed by atoms with Crippen molar-refractivity contribution in [2.45, 2.75) is 26.9 Å². The summed E-state index contributed by atoms with van der Waals surface area (Å²) < 4.78 is 18.5. The molecular weight excluding hydrogens is 432 g/mol. The van der Waals surface area contributed by atoms with E-state index in [2.05, 4.69) is 21.7 Å². The van der Waals surface area contributed by atoms with E-state index in [0.29, 0.717) is 25.7 Å². The maximum Gasteiger partial charge on any atom is 0.191 e. The predicted molar refractivity (Wildman–Crippen MR) is 111 cm³/mol. The molecule has 6 heteroatoms. The van der Waals surface area contributed by atoms with Gasteiger partial charge in [0, 0.05) is 20.1 Å². The number of aliphatic imine (C=N–C) groups is 1. The lowest BCUT2D eigenvalue weighted by molar-refractivity contribution is 0.338. The van der Waals surface area contributed by atoms with Gasteiger partial charge in [-0.15, -0.1) is 24.0 Å². The molecule has 0 radical (unpaired) electrons. The molecule has 0 unspecified atom stereocenters. The molecule has 2 rings (SSSR count). The summed E-state index contributed by atoms with van der Waals surface area (Å²) in [5, 5.41) is 6.48. The molecule has 0 amide bonds. The summed E-state index contributed by atoms with van der Waals surface area (Å²) in [4.78, 5) is 4.20. The lowest BCUT2D eigenvalue weighted by atomic mass is 10.1. The van der Waals surface area contributed by atoms with E-state index in [1.54, 1.807) is 19.2 Å². The smallest absolute Gasteiger partial charge is 0.191 e. The zero-order valence-electron chi connectivity index (χ0n) is 14.8. The summed E-state index contributed by atoms with van der Waals surface area (Å²) in [5.41, 5.74) is 3.27. The fourth-order valence-electron chi connectivity index (χ4n) is 2.33. The first-order valence-corrected chi connectivity index (χ1v) is 8.03. The number of aryl methyl sites for hydroxylation is 1. The fourth-order valence-corrected chi connectivity index (χ4v) is 2.33. The van der Waals surface area contributed by atoms with Crippen molar-refractivity contribution in [2.75, 3.05) is 13.7 Å². The summed E-state index contributed by atoms with van der Waals surface area (Å²) in [6.07, 6.45) is 0. The van der Waals surface area contributed by atoms with Gasteiger partial charge in [-0.25, -0.2) is 4.39 Å². The molecular formula is C19H25FIN3O. The van der Waals surface area contributed by atoms with Crippen molar-refractivity contribution in [2.24, 2.45) is 4.99 Å². The number of ether oxygens (including phenoxy) is 1. The third-order valence-corrected chi connectivity index (χ3v) is 3.60. The van der Waals surface area contributed by atoms with Gasteiger partial charge in [0.2, 0.25) is 0 Å². The number of hydrogen-bond acceptors (Lipinski definition) is 2. The molecule has 0 heterocycles. The monoisotopic (exact) mass is 457 g/mol. The molecule has 0 aliphatic rings. The Kier molecular flexibility index (Phi) is 9.26. The van der Waals surface area contributed by atoms with Crippen molar-refractivity contribution < 1.29 is 9.13 Å². The second kappa shape index (κ2) is 10.9. The maximum atomic E-state index is 12.9. The van der Waals surface area contributed by atoms with E-state index in [0.717, 1.165) is 22.4 Å². The third kappa shape index (κ3) is 6.89. The van der Waals surface area contributed by atoms with Crippen molar-refractivity contribution in [3.63, 3.8) is 0 Å². The Labute approximate surface area is 165 Å². The van der Waals surface area contributed by atoms with Crippen molar-refractivity contribution in [3.05, 3.63) is 65.0 Å². The molecule has 0 aliphatic heterocycles. The van der Waals surface area contributed by atoms with Gasteiger partial charge in [0.15, 0.2) is 5.96 Å². The van der Waals surface area contributed by atoms with Gasteiger partial charge in [0.25, 0.3) is 0 Å². The van der Waals surface area contributed by atoms with Crippen LogP contribution >= 0.6 is 24.0 Å². The Balaban J connectivity index is 0.00000312. The Bertz CT molecular complexity index is 690. The SMILES string of the molecule is CCOc1ccc(CNC(=NC)NCc2ccc(F)cc2)cc1C.I. The molecule has 0 aliphatic carbocycles. The fraction of sp³-hybridized carbons (Fsp3) is 0.316. The number of halogens is 2. The molecule has 25 heavy (non-hydrogen) atoms. The number of hydrogen-bond donors (Lipinski definition) is 2. The summed E-state index contributed by atoms with van der Waals surface area (Å²) >= 11 is 0. The Hall–Kier alpha value is -1.83. The molecule has 0 bridgehead atoms. The average molecular weight is 457 g/mol. The highest BCUT2D eigenvalue weighted by Crippen LogP contribution is 2.18. The van der Waals surface area contributed by atoms with E-state index < -0.39 is 0 Å². The number of benzene rings is 2. The first-order valence-electron chi connectivity index (χ1n) is 8.03. The maximum absolute atomic E-state index is 12.9. The Morgan fingerprint density at radius 1 is 1.04 bits per heavy atom. The quantitative estimate of drug-likeness (QED) is 0.392. The topological polar surface area (TPSA) is 45.6 Å². The lowest BCUT2D eigenvalue weighted by Crippen LogP contribution is -2.36. The number of nitrogens with zero attached hydrogens (tertiary/aromatic N) is 1. The minimum atomic E-state index is -0.230. The van der Waals surface area contributed by atoms with Crippen molar-refractivity contribution in [1.29, 1.82) is 0 Å². The first kappa shape index (κ1) is 21.2. The zero-order chi connectivity index (χ0) is 17.4. The number of guanidine groups is 1. The molecule has 2 N–H and O–H groups in total. The van der Waals surface area contributed by atoms with Crippen LogP contribution in [0.15, 0.2) is 47.5 Å². The molecule has 0 saturated heterocycles. The van der Waals surface area contributed by atoms with E-state index >= 15 is 0 Å². The third-order valence-electron chi connectivity index (χ3n) is 3.60. The summed E-state index contributed by atoms with van der Waals surface area (Å²) in [7, 11) is 1.73. The van der Waals surface area contributed by atoms with Crippen molar-refractivity contribution >= 4 is 29.9 Å². The van der Waals surface area contributed by atoms with Crippen LogP contribution in [0.1, 0.15) is 23.6 Å². The Morgan fingerprint density at radius 2 is 1.64 bits per heavy atom. The number of nitrogens with one attached hydrogen (secondary N) is 2. The van der Waals surface area contributed by atoms with Crippen LogP contribution in [0.3, 0.4) is 0 Å². The molecule has 2 aromatic carbocycles. The van der Waals surface area contributed by atoms with Crippen LogP contribution in [-0.2, 0) is 13.1 Å². The van der Waals surface area contributed by atoms with Gasteiger partial charge in [-0.1, -0.05) is 24.3 Å². The van der Waals surface area contributed by atoms with Crippen LogP contribution in [0, 0.1) is 12.7 Å². The van der Waals surface area contributed by atoms with Crippen LogP contribution in [0.5, 0.6) is 5.75 Å². The summed E-state index contributed by atoms with van der Waals surface area (Å²) in [6, 6.07) is 12.6. The molecule has 0 saturated carbocycles. The molecule has 4 nitrogen and oxygen atoms in total. The Morgan fingerprint density at radius 3 is 2.20 bits per heavy atom. The molecule has 0 atom stereocenters. The van der Waals surface area contributed by atoms with Crippen molar-refractivity contribution in [3.8, 4) is 5.75 Å². The van der Waals surface area contributed by atoms with Crippen LogP contribution < -0.4 is 15.4 Å². The molecule has 136 valence electrons. The van der Waals surface area contributed by atoms with Crippen LogP contribution in [-0.4, -0.2) is 19.6 Å². The first-order chi connectivity index (χ1) is 11.6. The minimum Gasteiger partial charge on any atom is -0.494 e. The normalized spacial score (nSPS) is 10.8. The van der Waals surface area contributed by atoms with E-state index in [1.807, 2.05) is 26.0 Å². The highest BCUT2D eigenvalue weighted by Gasteiger charge is 2.03. The van der Waals surface area contributed by atoms with Gasteiger partial charge in [0.05, 0.1) is 6.61 Å². The average Bonchev–Trinajstić information content (AvgIpc) is 2.59. The van der Waals surface area contributed by atoms with Gasteiger partial charge < -0.3 is 15.4 Å². The molecule has 0 spiro atoms. The lowest BCUT2D eigenvalue weighted by Gasteiger charge is -2.13. The standard InChI is InChI=1S/C19H24FN3O.HI/c1-4-24-18-10-7-16(11-14(18)2)13-23-19(21-3)22-12-15-5-8-17(20)9-6-15;/h5-11H,4,12-13H2,1-3H3,(H2,21,22,23);1H.